The lowest BCUT2D eigenvalue weighted by Crippen LogP contribution is -2.06. The Morgan fingerprint density at radius 1 is 1.00 bits per heavy atom. The highest BCUT2D eigenvalue weighted by molar-refractivity contribution is 9.09. The molecule has 21 heavy (non-hydrogen) atoms. The number of aromatic amines is 1. The van der Waals surface area contributed by atoms with Crippen LogP contribution in [0.3, 0.4) is 0 Å². The van der Waals surface area contributed by atoms with E-state index in [1.807, 2.05) is 42.5 Å². The van der Waals surface area contributed by atoms with Crippen LogP contribution in [0.5, 0.6) is 5.75 Å². The summed E-state index contributed by atoms with van der Waals surface area (Å²) in [5, 5.41) is 2.36. The molecule has 3 nitrogen and oxygen atoms in total. The molecule has 0 amide bonds. The number of rotatable bonds is 5. The van der Waals surface area contributed by atoms with Crippen LogP contribution in [0.1, 0.15) is 12.8 Å². The fourth-order valence-electron chi connectivity index (χ4n) is 2.42. The molecule has 3 rings (SSSR count). The molecule has 0 saturated carbocycles. The molecule has 0 bridgehead atoms. The molecule has 0 atom stereocenters. The first-order chi connectivity index (χ1) is 10.3. The number of fused-ring (bicyclic) bond motifs is 2. The smallest absolute Gasteiger partial charge is 0.197 e. The quantitative estimate of drug-likeness (QED) is 0.427. The summed E-state index contributed by atoms with van der Waals surface area (Å²) >= 11 is 3.41. The summed E-state index contributed by atoms with van der Waals surface area (Å²) in [7, 11) is 0. The zero-order chi connectivity index (χ0) is 14.7. The summed E-state index contributed by atoms with van der Waals surface area (Å²) in [6.45, 7) is 0.652. The Kier molecular flexibility index (Phi) is 4.25. The third kappa shape index (κ3) is 2.81. The largest absolute Gasteiger partial charge is 0.491 e. The van der Waals surface area contributed by atoms with Crippen molar-refractivity contribution >= 4 is 37.7 Å². The van der Waals surface area contributed by atoms with Crippen LogP contribution < -0.4 is 10.2 Å². The van der Waals surface area contributed by atoms with Gasteiger partial charge in [-0.3, -0.25) is 4.79 Å². The Morgan fingerprint density at radius 2 is 1.81 bits per heavy atom. The number of nitrogens with one attached hydrogen (secondary N) is 1. The summed E-state index contributed by atoms with van der Waals surface area (Å²) in [6, 6.07) is 13.2. The van der Waals surface area contributed by atoms with Crippen molar-refractivity contribution in [1.29, 1.82) is 0 Å². The predicted octanol–water partition coefficient (Wildman–Crippen LogP) is 4.24. The zero-order valence-corrected chi connectivity index (χ0v) is 13.2. The number of halogens is 1. The number of unbranched alkanes of at least 4 members (excludes halogenated alkanes) is 1. The van der Waals surface area contributed by atoms with E-state index in [1.165, 1.54) is 0 Å². The van der Waals surface area contributed by atoms with Gasteiger partial charge in [-0.25, -0.2) is 0 Å². The van der Waals surface area contributed by atoms with Gasteiger partial charge in [-0.15, -0.1) is 0 Å². The number of pyridine rings is 1. The molecule has 3 aromatic rings. The number of para-hydroxylation sites is 2. The van der Waals surface area contributed by atoms with Gasteiger partial charge in [-0.1, -0.05) is 34.1 Å². The second-order valence-electron chi connectivity index (χ2n) is 4.92. The second kappa shape index (κ2) is 6.31. The molecule has 1 N–H and O–H groups in total. The van der Waals surface area contributed by atoms with E-state index in [0.717, 1.165) is 35.0 Å². The number of H-pyrrole nitrogens is 1. The van der Waals surface area contributed by atoms with E-state index >= 15 is 0 Å². The van der Waals surface area contributed by atoms with E-state index in [9.17, 15) is 4.79 Å². The standard InChI is InChI=1S/C17H16BrNO2/c18-10-3-4-11-21-15-9-5-7-13-16(15)19-14-8-2-1-6-12(14)17(13)20/h1-2,5-9H,3-4,10-11H2,(H,19,20). The first-order valence-corrected chi connectivity index (χ1v) is 8.16. The topological polar surface area (TPSA) is 42.1 Å². The van der Waals surface area contributed by atoms with E-state index in [0.29, 0.717) is 17.4 Å². The highest BCUT2D eigenvalue weighted by Gasteiger charge is 2.08. The number of hydrogen-bond donors (Lipinski definition) is 1. The van der Waals surface area contributed by atoms with Gasteiger partial charge in [0, 0.05) is 21.6 Å². The number of hydrogen-bond acceptors (Lipinski definition) is 2. The molecule has 4 heteroatoms. The van der Waals surface area contributed by atoms with E-state index in [1.54, 1.807) is 0 Å². The maximum atomic E-state index is 12.5. The number of aromatic nitrogens is 1. The fourth-order valence-corrected chi connectivity index (χ4v) is 2.81. The normalized spacial score (nSPS) is 11.1. The van der Waals surface area contributed by atoms with Crippen LogP contribution in [0, 0.1) is 0 Å². The first-order valence-electron chi connectivity index (χ1n) is 7.04. The number of alkyl halides is 1. The zero-order valence-electron chi connectivity index (χ0n) is 11.6. The average molecular weight is 346 g/mol. The second-order valence-corrected chi connectivity index (χ2v) is 5.72. The summed E-state index contributed by atoms with van der Waals surface area (Å²) in [5.41, 5.74) is 1.66. The molecular formula is C17H16BrNO2. The van der Waals surface area contributed by atoms with Crippen LogP contribution in [0.15, 0.2) is 47.3 Å². The fraction of sp³-hybridized carbons (Fsp3) is 0.235. The maximum absolute atomic E-state index is 12.5. The van der Waals surface area contributed by atoms with Crippen LogP contribution in [0.25, 0.3) is 21.8 Å². The van der Waals surface area contributed by atoms with E-state index in [-0.39, 0.29) is 5.43 Å². The molecule has 0 radical (unpaired) electrons. The third-order valence-corrected chi connectivity index (χ3v) is 4.05. The predicted molar refractivity (Wildman–Crippen MR) is 90.6 cm³/mol. The Labute approximate surface area is 131 Å². The van der Waals surface area contributed by atoms with E-state index in [4.69, 9.17) is 4.74 Å². The van der Waals surface area contributed by atoms with Crippen molar-refractivity contribution < 1.29 is 4.74 Å². The monoisotopic (exact) mass is 345 g/mol. The molecule has 1 aromatic heterocycles. The van der Waals surface area contributed by atoms with E-state index < -0.39 is 0 Å². The Hall–Kier alpha value is -1.81. The SMILES string of the molecule is O=c1c2ccccc2[nH]c2c(OCCCCBr)cccc12. The molecule has 2 aromatic carbocycles. The lowest BCUT2D eigenvalue weighted by atomic mass is 10.1. The minimum atomic E-state index is 0.0465. The third-order valence-electron chi connectivity index (χ3n) is 3.49. The molecular weight excluding hydrogens is 330 g/mol. The number of ether oxygens (including phenoxy) is 1. The number of benzene rings is 2. The lowest BCUT2D eigenvalue weighted by Gasteiger charge is -2.10. The minimum absolute atomic E-state index is 0.0465. The van der Waals surface area contributed by atoms with Crippen molar-refractivity contribution in [3.8, 4) is 5.75 Å². The van der Waals surface area contributed by atoms with Gasteiger partial charge in [0.2, 0.25) is 0 Å². The van der Waals surface area contributed by atoms with Crippen molar-refractivity contribution in [2.75, 3.05) is 11.9 Å². The van der Waals surface area contributed by atoms with E-state index in [2.05, 4.69) is 20.9 Å². The highest BCUT2D eigenvalue weighted by Crippen LogP contribution is 2.24. The molecule has 0 fully saturated rings. The Balaban J connectivity index is 2.08. The van der Waals surface area contributed by atoms with Crippen LogP contribution in [-0.2, 0) is 0 Å². The summed E-state index contributed by atoms with van der Waals surface area (Å²) in [5.74, 6) is 0.741. The molecule has 1 heterocycles. The molecule has 0 aliphatic rings. The van der Waals surface area contributed by atoms with Crippen molar-refractivity contribution in [2.45, 2.75) is 12.8 Å². The van der Waals surface area contributed by atoms with Crippen LogP contribution in [0.2, 0.25) is 0 Å². The molecule has 0 spiro atoms. The molecule has 0 aliphatic carbocycles. The van der Waals surface area contributed by atoms with Crippen molar-refractivity contribution in [1.82, 2.24) is 4.98 Å². The molecule has 0 saturated heterocycles. The van der Waals surface area contributed by atoms with Gasteiger partial charge in [0.05, 0.1) is 12.1 Å². The van der Waals surface area contributed by atoms with Crippen LogP contribution >= 0.6 is 15.9 Å². The summed E-state index contributed by atoms with van der Waals surface area (Å²) < 4.78 is 5.83. The molecule has 108 valence electrons. The van der Waals surface area contributed by atoms with Crippen molar-refractivity contribution in [2.24, 2.45) is 0 Å². The van der Waals surface area contributed by atoms with Crippen molar-refractivity contribution in [3.63, 3.8) is 0 Å². The summed E-state index contributed by atoms with van der Waals surface area (Å²) in [4.78, 5) is 15.9. The molecule has 0 aliphatic heterocycles. The van der Waals surface area contributed by atoms with Crippen LogP contribution in [-0.4, -0.2) is 16.9 Å². The van der Waals surface area contributed by atoms with Gasteiger partial charge < -0.3 is 9.72 Å². The maximum Gasteiger partial charge on any atom is 0.197 e. The first kappa shape index (κ1) is 14.1. The van der Waals surface area contributed by atoms with Gasteiger partial charge in [0.1, 0.15) is 5.75 Å². The average Bonchev–Trinajstić information content (AvgIpc) is 2.52. The van der Waals surface area contributed by atoms with Gasteiger partial charge >= 0.3 is 0 Å². The minimum Gasteiger partial charge on any atom is -0.491 e. The highest BCUT2D eigenvalue weighted by atomic mass is 79.9. The Bertz CT molecular complexity index is 826. The lowest BCUT2D eigenvalue weighted by molar-refractivity contribution is 0.313. The molecule has 0 unspecified atom stereocenters. The van der Waals surface area contributed by atoms with Gasteiger partial charge in [-0.2, -0.15) is 0 Å². The van der Waals surface area contributed by atoms with Gasteiger partial charge in [0.15, 0.2) is 5.43 Å². The van der Waals surface area contributed by atoms with Crippen molar-refractivity contribution in [3.05, 3.63) is 52.7 Å². The Morgan fingerprint density at radius 3 is 2.67 bits per heavy atom. The van der Waals surface area contributed by atoms with Gasteiger partial charge in [0.25, 0.3) is 0 Å². The van der Waals surface area contributed by atoms with Gasteiger partial charge in [-0.05, 0) is 37.1 Å². The summed E-state index contributed by atoms with van der Waals surface area (Å²) in [6.07, 6.45) is 2.06. The van der Waals surface area contributed by atoms with Crippen LogP contribution in [0.4, 0.5) is 0 Å².